The van der Waals surface area contributed by atoms with Crippen molar-refractivity contribution in [1.82, 2.24) is 15.2 Å². The summed E-state index contributed by atoms with van der Waals surface area (Å²) in [5, 5.41) is 8.07. The largest absolute Gasteiger partial charge is 0.235 e. The van der Waals surface area contributed by atoms with Crippen LogP contribution in [0, 0.1) is 5.92 Å². The predicted octanol–water partition coefficient (Wildman–Crippen LogP) is 7.75. The molecule has 6 rings (SSSR count). The fraction of sp³-hybridized carbons (Fsp3) is 0.242. The van der Waals surface area contributed by atoms with Gasteiger partial charge in [-0.1, -0.05) is 132 Å². The highest BCUT2D eigenvalue weighted by Gasteiger charge is 2.57. The van der Waals surface area contributed by atoms with Gasteiger partial charge in [0.2, 0.25) is 6.34 Å². The number of alkyl halides is 1. The monoisotopic (exact) mass is 565 g/mol. The lowest BCUT2D eigenvalue weighted by Gasteiger charge is -2.48. The standard InChI is InChI=1S/C33H34BrN4/c34-24-27-20-22-32(23-21-27)38(25-28-12-10-11-13-28)26-35-36-37(38)33(29-14-4-1-5-15-29,30-16-6-2-7-17-30)31-18-8-3-9-19-31/h1-9,14-23,26,28,36H,10-13,24-25H2/q+1. The molecule has 1 aliphatic carbocycles. The molecule has 4 aromatic rings. The van der Waals surface area contributed by atoms with Gasteiger partial charge >= 0.3 is 0 Å². The van der Waals surface area contributed by atoms with Crippen molar-refractivity contribution in [3.63, 3.8) is 0 Å². The Morgan fingerprint density at radius 1 is 0.737 bits per heavy atom. The first-order valence-corrected chi connectivity index (χ1v) is 14.7. The van der Waals surface area contributed by atoms with E-state index < -0.39 is 5.54 Å². The van der Waals surface area contributed by atoms with Crippen molar-refractivity contribution in [1.29, 1.82) is 0 Å². The van der Waals surface area contributed by atoms with Crippen LogP contribution in [0.3, 0.4) is 0 Å². The molecule has 1 fully saturated rings. The fourth-order valence-electron chi connectivity index (χ4n) is 6.40. The van der Waals surface area contributed by atoms with Crippen LogP contribution in [0.1, 0.15) is 47.9 Å². The number of nitrogens with one attached hydrogen (secondary N) is 1. The van der Waals surface area contributed by atoms with E-state index in [2.05, 4.69) is 148 Å². The van der Waals surface area contributed by atoms with Gasteiger partial charge in [0.05, 0.1) is 0 Å². The third kappa shape index (κ3) is 4.29. The molecule has 0 bridgehead atoms. The second-order valence-electron chi connectivity index (χ2n) is 10.4. The molecule has 2 aliphatic rings. The van der Waals surface area contributed by atoms with Gasteiger partial charge in [-0.15, -0.1) is 9.69 Å². The van der Waals surface area contributed by atoms with Crippen LogP contribution >= 0.6 is 15.9 Å². The molecule has 1 atom stereocenters. The van der Waals surface area contributed by atoms with Gasteiger partial charge in [-0.3, -0.25) is 0 Å². The molecule has 0 aromatic heterocycles. The Hall–Kier alpha value is -3.25. The summed E-state index contributed by atoms with van der Waals surface area (Å²) in [7, 11) is 0. The van der Waals surface area contributed by atoms with Gasteiger partial charge in [-0.2, -0.15) is 5.53 Å². The average Bonchev–Trinajstić information content (AvgIpc) is 3.67. The van der Waals surface area contributed by atoms with E-state index in [1.165, 1.54) is 53.6 Å². The second-order valence-corrected chi connectivity index (χ2v) is 11.0. The number of halogens is 1. The van der Waals surface area contributed by atoms with Crippen LogP contribution in [-0.2, 0) is 10.9 Å². The van der Waals surface area contributed by atoms with Crippen LogP contribution < -0.4 is 10.1 Å². The molecule has 0 radical (unpaired) electrons. The molecule has 1 N–H and O–H groups in total. The average molecular weight is 567 g/mol. The fourth-order valence-corrected chi connectivity index (χ4v) is 6.77. The lowest BCUT2D eigenvalue weighted by Crippen LogP contribution is -2.70. The minimum atomic E-state index is -0.646. The molecule has 4 nitrogen and oxygen atoms in total. The van der Waals surface area contributed by atoms with Crippen molar-refractivity contribution in [3.05, 3.63) is 138 Å². The Morgan fingerprint density at radius 2 is 1.24 bits per heavy atom. The maximum atomic E-state index is 4.84. The normalized spacial score (nSPS) is 20.0. The van der Waals surface area contributed by atoms with Crippen molar-refractivity contribution in [2.75, 3.05) is 6.54 Å². The molecule has 5 heteroatoms. The van der Waals surface area contributed by atoms with Gasteiger partial charge < -0.3 is 0 Å². The maximum absolute atomic E-state index is 4.84. The van der Waals surface area contributed by atoms with Crippen molar-refractivity contribution < 1.29 is 0 Å². The van der Waals surface area contributed by atoms with E-state index in [-0.39, 0.29) is 0 Å². The number of quaternary nitrogens is 1. The van der Waals surface area contributed by atoms with Crippen molar-refractivity contribution in [3.8, 4) is 0 Å². The molecular formula is C33H34BrN4+. The number of benzene rings is 4. The summed E-state index contributed by atoms with van der Waals surface area (Å²) >= 11 is 3.63. The van der Waals surface area contributed by atoms with Crippen LogP contribution in [0.15, 0.2) is 120 Å². The number of nitrogens with zero attached hydrogens (tertiary/aromatic N) is 3. The summed E-state index contributed by atoms with van der Waals surface area (Å²) < 4.78 is 0.506. The smallest absolute Gasteiger partial charge is 0.188 e. The zero-order valence-corrected chi connectivity index (χ0v) is 23.2. The van der Waals surface area contributed by atoms with Crippen LogP contribution in [0.5, 0.6) is 0 Å². The maximum Gasteiger partial charge on any atom is 0.235 e. The van der Waals surface area contributed by atoms with E-state index in [4.69, 9.17) is 5.10 Å². The molecule has 1 unspecified atom stereocenters. The van der Waals surface area contributed by atoms with Gasteiger partial charge in [0.1, 0.15) is 6.54 Å². The lowest BCUT2D eigenvalue weighted by atomic mass is 9.77. The van der Waals surface area contributed by atoms with Gasteiger partial charge in [0.15, 0.2) is 11.2 Å². The molecule has 0 amide bonds. The first kappa shape index (κ1) is 25.1. The third-order valence-electron chi connectivity index (χ3n) is 8.20. The van der Waals surface area contributed by atoms with E-state index in [9.17, 15) is 0 Å². The molecule has 38 heavy (non-hydrogen) atoms. The van der Waals surface area contributed by atoms with Crippen LogP contribution in [-0.4, -0.2) is 18.0 Å². The summed E-state index contributed by atoms with van der Waals surface area (Å²) in [6.07, 6.45) is 7.25. The number of hydrazone groups is 1. The SMILES string of the molecule is BrCc1ccc([N+]2(CC3CCCC3)C=NNN2C(c2ccccc2)(c2ccccc2)c2ccccc2)cc1. The predicted molar refractivity (Wildman–Crippen MR) is 160 cm³/mol. The quantitative estimate of drug-likeness (QED) is 0.134. The molecule has 1 saturated carbocycles. The van der Waals surface area contributed by atoms with E-state index in [0.29, 0.717) is 10.5 Å². The molecule has 4 aromatic carbocycles. The van der Waals surface area contributed by atoms with E-state index in [1.807, 2.05) is 0 Å². The lowest BCUT2D eigenvalue weighted by molar-refractivity contribution is -0.0544. The molecule has 1 heterocycles. The minimum Gasteiger partial charge on any atom is -0.188 e. The topological polar surface area (TPSA) is 27.6 Å². The van der Waals surface area contributed by atoms with Crippen molar-refractivity contribution in [2.24, 2.45) is 11.0 Å². The van der Waals surface area contributed by atoms with Crippen LogP contribution in [0.2, 0.25) is 0 Å². The Bertz CT molecular complexity index is 1260. The highest BCUT2D eigenvalue weighted by Crippen LogP contribution is 2.47. The number of hydrogen-bond donors (Lipinski definition) is 1. The van der Waals surface area contributed by atoms with Crippen molar-refractivity contribution >= 4 is 28.0 Å². The molecular weight excluding hydrogens is 532 g/mol. The molecule has 1 aliphatic heterocycles. The first-order chi connectivity index (χ1) is 18.8. The van der Waals surface area contributed by atoms with Gasteiger partial charge in [0, 0.05) is 23.4 Å². The Labute approximate surface area is 234 Å². The van der Waals surface area contributed by atoms with Gasteiger partial charge in [-0.05, 0) is 40.2 Å². The Kier molecular flexibility index (Phi) is 7.16. The number of hydrogen-bond acceptors (Lipinski definition) is 3. The van der Waals surface area contributed by atoms with Crippen LogP contribution in [0.25, 0.3) is 0 Å². The zero-order valence-electron chi connectivity index (χ0n) is 21.6. The minimum absolute atomic E-state index is 0.506. The Morgan fingerprint density at radius 3 is 1.71 bits per heavy atom. The highest BCUT2D eigenvalue weighted by molar-refractivity contribution is 9.08. The summed E-state index contributed by atoms with van der Waals surface area (Å²) in [4.78, 5) is 0. The third-order valence-corrected chi connectivity index (χ3v) is 8.85. The van der Waals surface area contributed by atoms with E-state index in [0.717, 1.165) is 11.9 Å². The van der Waals surface area contributed by atoms with E-state index in [1.54, 1.807) is 0 Å². The first-order valence-electron chi connectivity index (χ1n) is 13.6. The zero-order chi connectivity index (χ0) is 25.8. The molecule has 0 saturated heterocycles. The Balaban J connectivity index is 1.64. The summed E-state index contributed by atoms with van der Waals surface area (Å²) in [6, 6.07) is 41.7. The van der Waals surface area contributed by atoms with Gasteiger partial charge in [-0.25, -0.2) is 0 Å². The molecule has 0 spiro atoms. The van der Waals surface area contributed by atoms with Gasteiger partial charge in [0.25, 0.3) is 0 Å². The van der Waals surface area contributed by atoms with Crippen molar-refractivity contribution in [2.45, 2.75) is 36.6 Å². The number of hydrazine groups is 1. The summed E-state index contributed by atoms with van der Waals surface area (Å²) in [6.45, 7) is 0.957. The summed E-state index contributed by atoms with van der Waals surface area (Å²) in [5.74, 6) is 0.625. The summed E-state index contributed by atoms with van der Waals surface area (Å²) in [5.41, 5.74) is 8.97. The molecule has 192 valence electrons. The van der Waals surface area contributed by atoms with E-state index >= 15 is 0 Å². The highest BCUT2D eigenvalue weighted by atomic mass is 79.9. The van der Waals surface area contributed by atoms with Crippen LogP contribution in [0.4, 0.5) is 5.69 Å². The number of rotatable bonds is 8. The second kappa shape index (κ2) is 10.9.